The van der Waals surface area contributed by atoms with Gasteiger partial charge in [0.2, 0.25) is 0 Å². The monoisotopic (exact) mass is 364 g/mol. The van der Waals surface area contributed by atoms with Gasteiger partial charge in [0, 0.05) is 19.1 Å². The lowest BCUT2D eigenvalue weighted by molar-refractivity contribution is 0.00578. The minimum Gasteiger partial charge on any atom is -0.399 e. The predicted octanol–water partition coefficient (Wildman–Crippen LogP) is 2.20. The summed E-state index contributed by atoms with van der Waals surface area (Å²) in [5, 5.41) is 0.423. The smallest absolute Gasteiger partial charge is 0.399 e. The lowest BCUT2D eigenvalue weighted by Gasteiger charge is -2.32. The van der Waals surface area contributed by atoms with Gasteiger partial charge in [-0.1, -0.05) is 17.7 Å². The van der Waals surface area contributed by atoms with Gasteiger partial charge in [-0.3, -0.25) is 4.79 Å². The Morgan fingerprint density at radius 1 is 1.20 bits per heavy atom. The summed E-state index contributed by atoms with van der Waals surface area (Å²) in [6.45, 7) is 9.38. The Bertz CT molecular complexity index is 656. The van der Waals surface area contributed by atoms with E-state index in [0.29, 0.717) is 23.7 Å². The molecule has 2 saturated heterocycles. The fourth-order valence-corrected chi connectivity index (χ4v) is 3.37. The van der Waals surface area contributed by atoms with Crippen molar-refractivity contribution in [3.8, 4) is 0 Å². The Hall–Kier alpha value is -1.08. The molecular formula is C18H26BClN2O3. The maximum atomic E-state index is 12.7. The maximum Gasteiger partial charge on any atom is 0.494 e. The Morgan fingerprint density at radius 3 is 2.28 bits per heavy atom. The molecule has 3 rings (SSSR count). The topological polar surface area (TPSA) is 64.8 Å². The molecule has 2 N–H and O–H groups in total. The van der Waals surface area contributed by atoms with Crippen LogP contribution < -0.4 is 11.2 Å². The summed E-state index contributed by atoms with van der Waals surface area (Å²) in [7, 11) is -0.486. The zero-order valence-electron chi connectivity index (χ0n) is 15.3. The third kappa shape index (κ3) is 3.58. The number of nitrogens with two attached hydrogens (primary N) is 1. The largest absolute Gasteiger partial charge is 0.494 e. The molecule has 1 aromatic rings. The van der Waals surface area contributed by atoms with Crippen molar-refractivity contribution in [2.45, 2.75) is 57.8 Å². The van der Waals surface area contributed by atoms with E-state index in [0.717, 1.165) is 18.3 Å². The number of halogens is 1. The normalized spacial score (nSPS) is 23.1. The fraction of sp³-hybridized carbons (Fsp3) is 0.611. The quantitative estimate of drug-likeness (QED) is 0.817. The van der Waals surface area contributed by atoms with Crippen LogP contribution in [0, 0.1) is 0 Å². The van der Waals surface area contributed by atoms with Gasteiger partial charge < -0.3 is 19.9 Å². The number of likely N-dealkylation sites (tertiary alicyclic amines) is 1. The first-order valence-corrected chi connectivity index (χ1v) is 9.18. The van der Waals surface area contributed by atoms with E-state index in [2.05, 4.69) is 0 Å². The van der Waals surface area contributed by atoms with Gasteiger partial charge in [0.1, 0.15) is 0 Å². The Morgan fingerprint density at radius 2 is 1.76 bits per heavy atom. The van der Waals surface area contributed by atoms with E-state index in [1.165, 1.54) is 0 Å². The molecule has 7 heteroatoms. The van der Waals surface area contributed by atoms with E-state index in [-0.39, 0.29) is 11.9 Å². The fourth-order valence-electron chi connectivity index (χ4n) is 3.10. The van der Waals surface area contributed by atoms with Crippen molar-refractivity contribution in [3.63, 3.8) is 0 Å². The molecule has 0 radical (unpaired) electrons. The second-order valence-corrected chi connectivity index (χ2v) is 8.36. The zero-order valence-corrected chi connectivity index (χ0v) is 16.1. The molecule has 2 aliphatic heterocycles. The molecule has 5 nitrogen and oxygen atoms in total. The SMILES string of the molecule is CC1(C)OB(c2ccc(C(=O)N3CCC(N)CC3)c(Cl)c2)OC1(C)C. The number of hydrogen-bond acceptors (Lipinski definition) is 4. The molecule has 1 amide bonds. The summed E-state index contributed by atoms with van der Waals surface area (Å²) < 4.78 is 12.1. The van der Waals surface area contributed by atoms with Gasteiger partial charge in [0.15, 0.2) is 0 Å². The molecule has 0 aromatic heterocycles. The van der Waals surface area contributed by atoms with Crippen LogP contribution in [-0.4, -0.2) is 48.3 Å². The number of nitrogens with zero attached hydrogens (tertiary/aromatic N) is 1. The van der Waals surface area contributed by atoms with E-state index < -0.39 is 18.3 Å². The Kier molecular flexibility index (Phi) is 4.92. The minimum atomic E-state index is -0.486. The minimum absolute atomic E-state index is 0.0441. The van der Waals surface area contributed by atoms with Gasteiger partial charge in [-0.05, 0) is 58.1 Å². The van der Waals surface area contributed by atoms with Crippen LogP contribution in [0.4, 0.5) is 0 Å². The summed E-state index contributed by atoms with van der Waals surface area (Å²) >= 11 is 6.41. The number of hydrogen-bond donors (Lipinski definition) is 1. The second kappa shape index (κ2) is 6.58. The molecule has 136 valence electrons. The van der Waals surface area contributed by atoms with Crippen molar-refractivity contribution in [1.82, 2.24) is 4.90 Å². The molecule has 0 spiro atoms. The van der Waals surface area contributed by atoms with Crippen molar-refractivity contribution < 1.29 is 14.1 Å². The number of rotatable bonds is 2. The molecule has 2 aliphatic rings. The average molecular weight is 365 g/mol. The highest BCUT2D eigenvalue weighted by Gasteiger charge is 2.51. The maximum absolute atomic E-state index is 12.7. The van der Waals surface area contributed by atoms with Crippen LogP contribution in [0.3, 0.4) is 0 Å². The van der Waals surface area contributed by atoms with Gasteiger partial charge in [-0.15, -0.1) is 0 Å². The standard InChI is InChI=1S/C18H26BClN2O3/c1-17(2)18(3,4)25-19(24-17)12-5-6-14(15(20)11-12)16(23)22-9-7-13(21)8-10-22/h5-6,11,13H,7-10,21H2,1-4H3. The van der Waals surface area contributed by atoms with Crippen molar-refractivity contribution in [2.75, 3.05) is 13.1 Å². The Balaban J connectivity index is 1.77. The van der Waals surface area contributed by atoms with Crippen LogP contribution in [-0.2, 0) is 9.31 Å². The molecular weight excluding hydrogens is 338 g/mol. The highest BCUT2D eigenvalue weighted by Crippen LogP contribution is 2.36. The summed E-state index contributed by atoms with van der Waals surface area (Å²) in [6.07, 6.45) is 1.66. The molecule has 2 fully saturated rings. The van der Waals surface area contributed by atoms with Crippen LogP contribution >= 0.6 is 11.6 Å². The van der Waals surface area contributed by atoms with E-state index in [4.69, 9.17) is 26.6 Å². The van der Waals surface area contributed by atoms with Crippen LogP contribution in [0.1, 0.15) is 50.9 Å². The van der Waals surface area contributed by atoms with Crippen molar-refractivity contribution in [1.29, 1.82) is 0 Å². The van der Waals surface area contributed by atoms with Crippen molar-refractivity contribution in [3.05, 3.63) is 28.8 Å². The first-order chi connectivity index (χ1) is 11.6. The zero-order chi connectivity index (χ0) is 18.4. The summed E-state index contributed by atoms with van der Waals surface area (Å²) in [4.78, 5) is 14.5. The molecule has 0 bridgehead atoms. The van der Waals surface area contributed by atoms with Crippen LogP contribution in [0.25, 0.3) is 0 Å². The lowest BCUT2D eigenvalue weighted by Crippen LogP contribution is -2.43. The van der Waals surface area contributed by atoms with E-state index in [1.807, 2.05) is 38.7 Å². The number of piperidine rings is 1. The third-order valence-electron chi connectivity index (χ3n) is 5.58. The summed E-state index contributed by atoms with van der Waals surface area (Å²) in [5.41, 5.74) is 6.42. The number of carbonyl (C=O) groups excluding carboxylic acids is 1. The average Bonchev–Trinajstić information content (AvgIpc) is 2.75. The van der Waals surface area contributed by atoms with E-state index >= 15 is 0 Å². The molecule has 2 heterocycles. The van der Waals surface area contributed by atoms with Gasteiger partial charge in [0.05, 0.1) is 21.8 Å². The Labute approximate surface area is 154 Å². The first-order valence-electron chi connectivity index (χ1n) is 8.81. The van der Waals surface area contributed by atoms with Gasteiger partial charge in [-0.25, -0.2) is 0 Å². The molecule has 25 heavy (non-hydrogen) atoms. The summed E-state index contributed by atoms with van der Waals surface area (Å²) in [5.74, 6) is -0.0441. The van der Waals surface area contributed by atoms with Crippen LogP contribution in [0.2, 0.25) is 5.02 Å². The van der Waals surface area contributed by atoms with Gasteiger partial charge in [-0.2, -0.15) is 0 Å². The third-order valence-corrected chi connectivity index (χ3v) is 5.89. The number of benzene rings is 1. The lowest BCUT2D eigenvalue weighted by atomic mass is 9.79. The first kappa shape index (κ1) is 18.7. The second-order valence-electron chi connectivity index (χ2n) is 7.96. The molecule has 0 aliphatic carbocycles. The number of amides is 1. The highest BCUT2D eigenvalue weighted by atomic mass is 35.5. The van der Waals surface area contributed by atoms with E-state index in [9.17, 15) is 4.79 Å². The molecule has 0 atom stereocenters. The van der Waals surface area contributed by atoms with Gasteiger partial charge >= 0.3 is 7.12 Å². The van der Waals surface area contributed by atoms with Gasteiger partial charge in [0.25, 0.3) is 5.91 Å². The van der Waals surface area contributed by atoms with Crippen molar-refractivity contribution >= 4 is 30.1 Å². The highest BCUT2D eigenvalue weighted by molar-refractivity contribution is 6.62. The van der Waals surface area contributed by atoms with E-state index in [1.54, 1.807) is 12.1 Å². The predicted molar refractivity (Wildman–Crippen MR) is 100 cm³/mol. The van der Waals surface area contributed by atoms with Crippen LogP contribution in [0.15, 0.2) is 18.2 Å². The molecule has 0 saturated carbocycles. The van der Waals surface area contributed by atoms with Crippen molar-refractivity contribution in [2.24, 2.45) is 5.73 Å². The molecule has 0 unspecified atom stereocenters. The molecule has 1 aromatic carbocycles. The number of carbonyl (C=O) groups is 1. The summed E-state index contributed by atoms with van der Waals surface area (Å²) in [6, 6.07) is 5.58. The van der Waals surface area contributed by atoms with Crippen LogP contribution in [0.5, 0.6) is 0 Å².